The van der Waals surface area contributed by atoms with Crippen LogP contribution in [-0.2, 0) is 10.9 Å². The summed E-state index contributed by atoms with van der Waals surface area (Å²) in [5, 5.41) is 0.739. The zero-order valence-electron chi connectivity index (χ0n) is 17.3. The van der Waals surface area contributed by atoms with E-state index in [9.17, 15) is 22.8 Å². The molecule has 6 nitrogen and oxygen atoms in total. The van der Waals surface area contributed by atoms with Crippen LogP contribution in [-0.4, -0.2) is 49.6 Å². The van der Waals surface area contributed by atoms with E-state index in [1.165, 1.54) is 23.1 Å². The fourth-order valence-electron chi connectivity index (χ4n) is 3.79. The number of esters is 1. The number of ether oxygens (including phenoxy) is 1. The second-order valence-electron chi connectivity index (χ2n) is 7.38. The summed E-state index contributed by atoms with van der Waals surface area (Å²) in [4.78, 5) is 28.1. The zero-order chi connectivity index (χ0) is 22.9. The van der Waals surface area contributed by atoms with Crippen molar-refractivity contribution in [1.29, 1.82) is 0 Å². The molecule has 0 aliphatic carbocycles. The number of fused-ring (bicyclic) bond motifs is 1. The van der Waals surface area contributed by atoms with Gasteiger partial charge in [0, 0.05) is 37.3 Å². The Labute approximate surface area is 182 Å². The monoisotopic (exact) mass is 446 g/mol. The Balaban J connectivity index is 1.46. The Morgan fingerprint density at radius 3 is 2.44 bits per heavy atom. The molecule has 0 N–H and O–H groups in total. The van der Waals surface area contributed by atoms with Crippen LogP contribution in [0.25, 0.3) is 11.0 Å². The number of furan rings is 1. The quantitative estimate of drug-likeness (QED) is 0.549. The van der Waals surface area contributed by atoms with Gasteiger partial charge in [-0.05, 0) is 43.3 Å². The first-order valence-electron chi connectivity index (χ1n) is 10.2. The lowest BCUT2D eigenvalue weighted by atomic mass is 10.1. The van der Waals surface area contributed by atoms with Crippen LogP contribution in [0.4, 0.5) is 18.9 Å². The van der Waals surface area contributed by atoms with E-state index in [4.69, 9.17) is 9.15 Å². The van der Waals surface area contributed by atoms with Crippen molar-refractivity contribution in [3.8, 4) is 0 Å². The highest BCUT2D eigenvalue weighted by molar-refractivity contribution is 5.96. The van der Waals surface area contributed by atoms with E-state index in [2.05, 4.69) is 0 Å². The number of carbonyl (C=O) groups is 2. The van der Waals surface area contributed by atoms with E-state index in [0.29, 0.717) is 31.8 Å². The first-order chi connectivity index (χ1) is 15.3. The number of piperazine rings is 1. The highest BCUT2D eigenvalue weighted by Gasteiger charge is 2.36. The van der Waals surface area contributed by atoms with Crippen LogP contribution in [0.3, 0.4) is 0 Å². The van der Waals surface area contributed by atoms with Gasteiger partial charge in [0.2, 0.25) is 5.76 Å². The molecule has 0 saturated carbocycles. The first kappa shape index (κ1) is 21.7. The number of benzene rings is 2. The Morgan fingerprint density at radius 2 is 1.75 bits per heavy atom. The van der Waals surface area contributed by atoms with Gasteiger partial charge in [0.15, 0.2) is 0 Å². The minimum Gasteiger partial charge on any atom is -0.460 e. The maximum absolute atomic E-state index is 13.3. The predicted octanol–water partition coefficient (Wildman–Crippen LogP) is 4.59. The molecular formula is C23H21F3N2O4. The van der Waals surface area contributed by atoms with Gasteiger partial charge < -0.3 is 19.0 Å². The van der Waals surface area contributed by atoms with Crippen molar-refractivity contribution in [1.82, 2.24) is 4.90 Å². The van der Waals surface area contributed by atoms with Crippen molar-refractivity contribution in [2.45, 2.75) is 13.1 Å². The number of hydrogen-bond acceptors (Lipinski definition) is 5. The Kier molecular flexibility index (Phi) is 5.82. The number of alkyl halides is 3. The molecule has 1 fully saturated rings. The van der Waals surface area contributed by atoms with E-state index in [1.54, 1.807) is 19.1 Å². The van der Waals surface area contributed by atoms with Crippen molar-refractivity contribution in [2.75, 3.05) is 37.7 Å². The molecule has 2 aromatic carbocycles. The molecule has 32 heavy (non-hydrogen) atoms. The molecule has 168 valence electrons. The molecule has 1 aromatic heterocycles. The number of halogens is 3. The van der Waals surface area contributed by atoms with Gasteiger partial charge >= 0.3 is 12.1 Å². The molecule has 3 aromatic rings. The van der Waals surface area contributed by atoms with Crippen LogP contribution in [0.1, 0.15) is 33.4 Å². The van der Waals surface area contributed by atoms with Crippen LogP contribution >= 0.6 is 0 Å². The summed E-state index contributed by atoms with van der Waals surface area (Å²) in [7, 11) is 0. The predicted molar refractivity (Wildman–Crippen MR) is 112 cm³/mol. The number of amides is 1. The Morgan fingerprint density at radius 1 is 1.03 bits per heavy atom. The summed E-state index contributed by atoms with van der Waals surface area (Å²) < 4.78 is 50.3. The minimum absolute atomic E-state index is 0.123. The lowest BCUT2D eigenvalue weighted by Crippen LogP contribution is -2.49. The average molecular weight is 446 g/mol. The Bertz CT molecular complexity index is 1150. The molecule has 0 bridgehead atoms. The van der Waals surface area contributed by atoms with Gasteiger partial charge in [-0.1, -0.05) is 12.1 Å². The van der Waals surface area contributed by atoms with Gasteiger partial charge in [0.05, 0.1) is 17.7 Å². The van der Waals surface area contributed by atoms with Crippen molar-refractivity contribution < 1.29 is 31.9 Å². The molecule has 9 heteroatoms. The van der Waals surface area contributed by atoms with Crippen molar-refractivity contribution in [3.63, 3.8) is 0 Å². The smallest absolute Gasteiger partial charge is 0.417 e. The highest BCUT2D eigenvalue weighted by Crippen LogP contribution is 2.33. The zero-order valence-corrected chi connectivity index (χ0v) is 17.3. The molecule has 0 spiro atoms. The summed E-state index contributed by atoms with van der Waals surface area (Å²) in [6, 6.07) is 11.9. The molecule has 1 amide bonds. The number of nitrogens with zero attached hydrogens (tertiary/aromatic N) is 2. The number of hydrogen-bond donors (Lipinski definition) is 0. The van der Waals surface area contributed by atoms with Gasteiger partial charge in [-0.15, -0.1) is 0 Å². The van der Waals surface area contributed by atoms with E-state index >= 15 is 0 Å². The fraction of sp³-hybridized carbons (Fsp3) is 0.304. The second kappa shape index (κ2) is 8.57. The lowest BCUT2D eigenvalue weighted by molar-refractivity contribution is -0.138. The van der Waals surface area contributed by atoms with Crippen LogP contribution in [0.5, 0.6) is 0 Å². The molecule has 0 unspecified atom stereocenters. The first-order valence-corrected chi connectivity index (χ1v) is 10.2. The third-order valence-corrected chi connectivity index (χ3v) is 5.37. The van der Waals surface area contributed by atoms with E-state index < -0.39 is 23.6 Å². The van der Waals surface area contributed by atoms with E-state index in [-0.39, 0.29) is 17.9 Å². The summed E-state index contributed by atoms with van der Waals surface area (Å²) in [6.07, 6.45) is -4.59. The minimum atomic E-state index is -4.59. The van der Waals surface area contributed by atoms with Gasteiger partial charge in [-0.25, -0.2) is 4.79 Å². The van der Waals surface area contributed by atoms with Crippen molar-refractivity contribution in [3.05, 3.63) is 65.4 Å². The lowest BCUT2D eigenvalue weighted by Gasteiger charge is -2.36. The van der Waals surface area contributed by atoms with Crippen LogP contribution in [0.2, 0.25) is 0 Å². The SMILES string of the molecule is CCOC(=O)c1cc2cc(N3CCN(C(=O)c4ccccc4C(F)(F)F)CC3)ccc2o1. The molecule has 0 radical (unpaired) electrons. The maximum atomic E-state index is 13.3. The fourth-order valence-corrected chi connectivity index (χ4v) is 3.79. The van der Waals surface area contributed by atoms with Crippen LogP contribution < -0.4 is 4.90 Å². The van der Waals surface area contributed by atoms with E-state index in [1.807, 2.05) is 17.0 Å². The standard InChI is InChI=1S/C23H21F3N2O4/c1-2-31-22(30)20-14-15-13-16(7-8-19(15)32-20)27-9-11-28(12-10-27)21(29)17-5-3-4-6-18(17)23(24,25)26/h3-8,13-14H,2,9-12H2,1H3. The molecular weight excluding hydrogens is 425 g/mol. The van der Waals surface area contributed by atoms with Gasteiger partial charge in [-0.2, -0.15) is 13.2 Å². The molecule has 1 aliphatic heterocycles. The van der Waals surface area contributed by atoms with E-state index in [0.717, 1.165) is 17.1 Å². The van der Waals surface area contributed by atoms with Crippen LogP contribution in [0.15, 0.2) is 52.9 Å². The average Bonchev–Trinajstić information content (AvgIpc) is 3.22. The molecule has 2 heterocycles. The normalized spacial score (nSPS) is 14.6. The van der Waals surface area contributed by atoms with Crippen molar-refractivity contribution >= 4 is 28.5 Å². The molecule has 1 aliphatic rings. The summed E-state index contributed by atoms with van der Waals surface area (Å²) in [5.41, 5.74) is 0.167. The van der Waals surface area contributed by atoms with Crippen molar-refractivity contribution in [2.24, 2.45) is 0 Å². The topological polar surface area (TPSA) is 63.0 Å². The molecule has 4 rings (SSSR count). The van der Waals surface area contributed by atoms with Crippen LogP contribution in [0, 0.1) is 0 Å². The number of carbonyl (C=O) groups excluding carboxylic acids is 2. The maximum Gasteiger partial charge on any atom is 0.417 e. The molecule has 0 atom stereocenters. The largest absolute Gasteiger partial charge is 0.460 e. The van der Waals surface area contributed by atoms with Gasteiger partial charge in [-0.3, -0.25) is 4.79 Å². The summed E-state index contributed by atoms with van der Waals surface area (Å²) in [6.45, 7) is 3.48. The summed E-state index contributed by atoms with van der Waals surface area (Å²) in [5.74, 6) is -1.03. The third-order valence-electron chi connectivity index (χ3n) is 5.37. The molecule has 1 saturated heterocycles. The number of anilines is 1. The highest BCUT2D eigenvalue weighted by atomic mass is 19.4. The van der Waals surface area contributed by atoms with Gasteiger partial charge in [0.25, 0.3) is 5.91 Å². The third kappa shape index (κ3) is 4.28. The Hall–Kier alpha value is -3.49. The second-order valence-corrected chi connectivity index (χ2v) is 7.38. The number of rotatable bonds is 4. The summed E-state index contributed by atoms with van der Waals surface area (Å²) >= 11 is 0. The van der Waals surface area contributed by atoms with Gasteiger partial charge in [0.1, 0.15) is 5.58 Å².